The fourth-order valence-electron chi connectivity index (χ4n) is 2.39. The second-order valence-electron chi connectivity index (χ2n) is 5.78. The standard InChI is InChI=1S/C20H27N5O/c1-2-21-20(24-15-12-18-10-6-7-13-22-18)25-16-19(26)23-14-11-17-8-4-3-5-9-17/h3-10,13H,2,11-12,14-16H2,1H3,(H,23,26)(H2,21,24,25). The van der Waals surface area contributed by atoms with Gasteiger partial charge in [0.25, 0.3) is 0 Å². The van der Waals surface area contributed by atoms with Crippen molar-refractivity contribution in [2.45, 2.75) is 19.8 Å². The fraction of sp³-hybridized carbons (Fsp3) is 0.350. The Hall–Kier alpha value is -2.89. The lowest BCUT2D eigenvalue weighted by Gasteiger charge is -2.11. The molecule has 6 heteroatoms. The number of nitrogens with one attached hydrogen (secondary N) is 3. The van der Waals surface area contributed by atoms with Crippen molar-refractivity contribution >= 4 is 11.9 Å². The molecular weight excluding hydrogens is 326 g/mol. The van der Waals surface area contributed by atoms with Crippen LogP contribution < -0.4 is 16.0 Å². The van der Waals surface area contributed by atoms with E-state index in [-0.39, 0.29) is 12.5 Å². The Morgan fingerprint density at radius 2 is 1.73 bits per heavy atom. The second kappa shape index (κ2) is 11.6. The van der Waals surface area contributed by atoms with Gasteiger partial charge in [0, 0.05) is 37.9 Å². The largest absolute Gasteiger partial charge is 0.357 e. The minimum absolute atomic E-state index is 0.0807. The maximum atomic E-state index is 12.0. The zero-order valence-corrected chi connectivity index (χ0v) is 15.2. The monoisotopic (exact) mass is 353 g/mol. The van der Waals surface area contributed by atoms with E-state index in [1.54, 1.807) is 6.20 Å². The average Bonchev–Trinajstić information content (AvgIpc) is 2.68. The van der Waals surface area contributed by atoms with E-state index in [0.717, 1.165) is 25.1 Å². The summed E-state index contributed by atoms with van der Waals surface area (Å²) in [4.78, 5) is 20.6. The molecule has 1 heterocycles. The van der Waals surface area contributed by atoms with E-state index in [9.17, 15) is 4.79 Å². The van der Waals surface area contributed by atoms with Crippen molar-refractivity contribution in [1.29, 1.82) is 0 Å². The van der Waals surface area contributed by atoms with Gasteiger partial charge in [0.2, 0.25) is 5.91 Å². The number of amides is 1. The van der Waals surface area contributed by atoms with Crippen LogP contribution >= 0.6 is 0 Å². The van der Waals surface area contributed by atoms with Gasteiger partial charge >= 0.3 is 0 Å². The van der Waals surface area contributed by atoms with Crippen molar-refractivity contribution in [2.24, 2.45) is 4.99 Å². The maximum absolute atomic E-state index is 12.0. The number of guanidine groups is 1. The molecule has 0 bridgehead atoms. The smallest absolute Gasteiger partial charge is 0.241 e. The predicted molar refractivity (Wildman–Crippen MR) is 105 cm³/mol. The minimum Gasteiger partial charge on any atom is -0.357 e. The van der Waals surface area contributed by atoms with Gasteiger partial charge in [-0.25, -0.2) is 4.99 Å². The normalized spacial score (nSPS) is 11.0. The van der Waals surface area contributed by atoms with Gasteiger partial charge in [0.1, 0.15) is 6.54 Å². The van der Waals surface area contributed by atoms with E-state index in [4.69, 9.17) is 0 Å². The highest BCUT2D eigenvalue weighted by Gasteiger charge is 2.02. The minimum atomic E-state index is -0.0807. The fourth-order valence-corrected chi connectivity index (χ4v) is 2.39. The van der Waals surface area contributed by atoms with Gasteiger partial charge in [-0.1, -0.05) is 36.4 Å². The van der Waals surface area contributed by atoms with E-state index in [1.807, 2.05) is 43.3 Å². The zero-order chi connectivity index (χ0) is 18.5. The molecule has 1 aromatic carbocycles. The molecule has 2 aromatic rings. The molecular formula is C20H27N5O. The Morgan fingerprint density at radius 1 is 0.962 bits per heavy atom. The second-order valence-corrected chi connectivity index (χ2v) is 5.78. The molecule has 6 nitrogen and oxygen atoms in total. The highest BCUT2D eigenvalue weighted by atomic mass is 16.1. The molecule has 0 saturated carbocycles. The number of hydrogen-bond acceptors (Lipinski definition) is 3. The van der Waals surface area contributed by atoms with Crippen LogP contribution in [0.15, 0.2) is 59.7 Å². The number of aromatic nitrogens is 1. The Morgan fingerprint density at radius 3 is 2.46 bits per heavy atom. The molecule has 0 aliphatic carbocycles. The summed E-state index contributed by atoms with van der Waals surface area (Å²) in [5, 5.41) is 9.27. The number of pyridine rings is 1. The molecule has 0 aliphatic rings. The Bertz CT molecular complexity index is 673. The molecule has 0 aliphatic heterocycles. The molecule has 138 valence electrons. The quantitative estimate of drug-likeness (QED) is 0.472. The molecule has 0 atom stereocenters. The van der Waals surface area contributed by atoms with Crippen LogP contribution in [0.5, 0.6) is 0 Å². The summed E-state index contributed by atoms with van der Waals surface area (Å²) < 4.78 is 0. The molecule has 0 saturated heterocycles. The van der Waals surface area contributed by atoms with Crippen LogP contribution in [0.4, 0.5) is 0 Å². The lowest BCUT2D eigenvalue weighted by atomic mass is 10.1. The Balaban J connectivity index is 1.70. The summed E-state index contributed by atoms with van der Waals surface area (Å²) in [5.74, 6) is 0.560. The molecule has 0 radical (unpaired) electrons. The van der Waals surface area contributed by atoms with Gasteiger partial charge in [-0.15, -0.1) is 0 Å². The summed E-state index contributed by atoms with van der Waals surface area (Å²) in [6, 6.07) is 16.0. The van der Waals surface area contributed by atoms with Crippen molar-refractivity contribution in [3.8, 4) is 0 Å². The van der Waals surface area contributed by atoms with Gasteiger partial charge < -0.3 is 16.0 Å². The molecule has 0 unspecified atom stereocenters. The first-order valence-corrected chi connectivity index (χ1v) is 9.00. The predicted octanol–water partition coefficient (Wildman–Crippen LogP) is 1.54. The maximum Gasteiger partial charge on any atom is 0.241 e. The van der Waals surface area contributed by atoms with Crippen molar-refractivity contribution < 1.29 is 4.79 Å². The number of carbonyl (C=O) groups is 1. The third-order valence-corrected chi connectivity index (χ3v) is 3.70. The number of carbonyl (C=O) groups excluding carboxylic acids is 1. The molecule has 2 rings (SSSR count). The molecule has 26 heavy (non-hydrogen) atoms. The van der Waals surface area contributed by atoms with Gasteiger partial charge in [-0.2, -0.15) is 0 Å². The first-order valence-electron chi connectivity index (χ1n) is 9.00. The number of benzene rings is 1. The molecule has 1 amide bonds. The summed E-state index contributed by atoms with van der Waals surface area (Å²) in [7, 11) is 0. The number of rotatable bonds is 9. The number of hydrogen-bond donors (Lipinski definition) is 3. The van der Waals surface area contributed by atoms with Crippen LogP contribution in [0.1, 0.15) is 18.2 Å². The van der Waals surface area contributed by atoms with Crippen LogP contribution in [0.3, 0.4) is 0 Å². The number of aliphatic imine (C=N–C) groups is 1. The third kappa shape index (κ3) is 7.79. The molecule has 0 spiro atoms. The first kappa shape index (κ1) is 19.4. The summed E-state index contributed by atoms with van der Waals surface area (Å²) >= 11 is 0. The molecule has 0 fully saturated rings. The van der Waals surface area contributed by atoms with Gasteiger partial charge in [0.05, 0.1) is 0 Å². The highest BCUT2D eigenvalue weighted by molar-refractivity contribution is 5.84. The lowest BCUT2D eigenvalue weighted by Crippen LogP contribution is -2.39. The van der Waals surface area contributed by atoms with E-state index < -0.39 is 0 Å². The van der Waals surface area contributed by atoms with Crippen LogP contribution in [-0.4, -0.2) is 43.0 Å². The summed E-state index contributed by atoms with van der Waals surface area (Å²) in [5.41, 5.74) is 2.23. The Labute approximate surface area is 155 Å². The summed E-state index contributed by atoms with van der Waals surface area (Å²) in [6.45, 7) is 4.16. The van der Waals surface area contributed by atoms with E-state index >= 15 is 0 Å². The van der Waals surface area contributed by atoms with Crippen LogP contribution in [-0.2, 0) is 17.6 Å². The Kier molecular flexibility index (Phi) is 8.69. The van der Waals surface area contributed by atoms with E-state index in [0.29, 0.717) is 19.0 Å². The number of nitrogens with zero attached hydrogens (tertiary/aromatic N) is 2. The van der Waals surface area contributed by atoms with Crippen LogP contribution in [0.2, 0.25) is 0 Å². The first-order chi connectivity index (χ1) is 12.8. The van der Waals surface area contributed by atoms with Crippen LogP contribution in [0.25, 0.3) is 0 Å². The molecule has 3 N–H and O–H groups in total. The lowest BCUT2D eigenvalue weighted by molar-refractivity contribution is -0.119. The zero-order valence-electron chi connectivity index (χ0n) is 15.2. The van der Waals surface area contributed by atoms with Gasteiger partial charge in [-0.05, 0) is 31.0 Å². The van der Waals surface area contributed by atoms with Crippen LogP contribution in [0, 0.1) is 0 Å². The van der Waals surface area contributed by atoms with Gasteiger partial charge in [-0.3, -0.25) is 9.78 Å². The van der Waals surface area contributed by atoms with Crippen molar-refractivity contribution in [3.05, 3.63) is 66.0 Å². The van der Waals surface area contributed by atoms with E-state index in [1.165, 1.54) is 5.56 Å². The highest BCUT2D eigenvalue weighted by Crippen LogP contribution is 1.98. The SMILES string of the molecule is CCNC(=NCC(=O)NCCc1ccccc1)NCCc1ccccn1. The third-order valence-electron chi connectivity index (χ3n) is 3.70. The van der Waals surface area contributed by atoms with E-state index in [2.05, 4.69) is 38.1 Å². The van der Waals surface area contributed by atoms with Crippen molar-refractivity contribution in [2.75, 3.05) is 26.2 Å². The van der Waals surface area contributed by atoms with Crippen molar-refractivity contribution in [1.82, 2.24) is 20.9 Å². The molecule has 1 aromatic heterocycles. The average molecular weight is 353 g/mol. The summed E-state index contributed by atoms with van der Waals surface area (Å²) in [6.07, 6.45) is 3.40. The topological polar surface area (TPSA) is 78.4 Å². The van der Waals surface area contributed by atoms with Crippen molar-refractivity contribution in [3.63, 3.8) is 0 Å². The van der Waals surface area contributed by atoms with Gasteiger partial charge in [0.15, 0.2) is 5.96 Å².